The number of amides is 2. The van der Waals surface area contributed by atoms with Crippen molar-refractivity contribution in [2.75, 3.05) is 10.6 Å². The first-order valence-corrected chi connectivity index (χ1v) is 7.87. The number of pyridine rings is 1. The van der Waals surface area contributed by atoms with E-state index < -0.39 is 5.91 Å². The molecule has 0 atom stereocenters. The minimum Gasteiger partial charge on any atom is -0.366 e. The van der Waals surface area contributed by atoms with Crippen molar-refractivity contribution in [3.8, 4) is 0 Å². The molecule has 0 saturated heterocycles. The first-order valence-electron chi connectivity index (χ1n) is 6.75. The molecule has 1 rings (SSSR count). The van der Waals surface area contributed by atoms with Crippen LogP contribution in [-0.4, -0.2) is 22.1 Å². The summed E-state index contributed by atoms with van der Waals surface area (Å²) in [5, 5.41) is 3.74. The number of rotatable bonds is 9. The van der Waals surface area contributed by atoms with E-state index in [1.165, 1.54) is 19.0 Å². The van der Waals surface area contributed by atoms with E-state index in [0.717, 1.165) is 24.6 Å². The number of nitrogens with two attached hydrogens (primary N) is 1. The number of unbranched alkanes of at least 4 members (excludes halogenated alkanes) is 4. The highest BCUT2D eigenvalue weighted by atomic mass is 79.9. The number of primary amides is 1. The maximum atomic E-state index is 11.7. The van der Waals surface area contributed by atoms with Gasteiger partial charge in [-0.1, -0.05) is 35.2 Å². The van der Waals surface area contributed by atoms with Gasteiger partial charge in [0, 0.05) is 17.9 Å². The first kappa shape index (κ1) is 16.6. The van der Waals surface area contributed by atoms with Gasteiger partial charge in [0.05, 0.1) is 5.56 Å². The number of halogens is 1. The van der Waals surface area contributed by atoms with Crippen LogP contribution in [0.2, 0.25) is 0 Å². The third-order valence-corrected chi connectivity index (χ3v) is 3.41. The van der Waals surface area contributed by atoms with Crippen LogP contribution >= 0.6 is 15.9 Å². The van der Waals surface area contributed by atoms with Gasteiger partial charge in [-0.05, 0) is 25.0 Å². The van der Waals surface area contributed by atoms with Gasteiger partial charge in [-0.15, -0.1) is 0 Å². The Bertz CT molecular complexity index is 435. The van der Waals surface area contributed by atoms with Gasteiger partial charge in [0.25, 0.3) is 0 Å². The van der Waals surface area contributed by atoms with E-state index >= 15 is 0 Å². The molecule has 110 valence electrons. The van der Waals surface area contributed by atoms with Gasteiger partial charge in [0.2, 0.25) is 11.8 Å². The average molecular weight is 342 g/mol. The molecule has 0 aliphatic rings. The van der Waals surface area contributed by atoms with E-state index in [9.17, 15) is 9.59 Å². The van der Waals surface area contributed by atoms with Crippen LogP contribution in [-0.2, 0) is 4.79 Å². The molecule has 0 spiro atoms. The largest absolute Gasteiger partial charge is 0.366 e. The number of carbonyl (C=O) groups is 2. The molecule has 0 unspecified atom stereocenters. The molecule has 0 bridgehead atoms. The summed E-state index contributed by atoms with van der Waals surface area (Å²) in [5.41, 5.74) is 5.44. The molecule has 0 saturated carbocycles. The Balaban J connectivity index is 2.23. The molecule has 6 heteroatoms. The number of alkyl halides is 1. The first-order chi connectivity index (χ1) is 9.63. The summed E-state index contributed by atoms with van der Waals surface area (Å²) in [6.07, 6.45) is 7.34. The second-order valence-corrected chi connectivity index (χ2v) is 5.34. The maximum Gasteiger partial charge on any atom is 0.250 e. The van der Waals surface area contributed by atoms with Crippen molar-refractivity contribution in [2.45, 2.75) is 38.5 Å². The smallest absolute Gasteiger partial charge is 0.250 e. The van der Waals surface area contributed by atoms with Crippen LogP contribution in [0.3, 0.4) is 0 Å². The van der Waals surface area contributed by atoms with E-state index in [4.69, 9.17) is 5.73 Å². The van der Waals surface area contributed by atoms with Crippen LogP contribution in [0.1, 0.15) is 48.9 Å². The van der Waals surface area contributed by atoms with E-state index in [1.807, 2.05) is 0 Å². The predicted octanol–water partition coefficient (Wildman–Crippen LogP) is 2.85. The second kappa shape index (κ2) is 9.47. The lowest BCUT2D eigenvalue weighted by molar-refractivity contribution is -0.116. The van der Waals surface area contributed by atoms with Gasteiger partial charge in [-0.25, -0.2) is 4.98 Å². The molecule has 1 heterocycles. The van der Waals surface area contributed by atoms with Crippen LogP contribution in [0.15, 0.2) is 18.3 Å². The quantitative estimate of drug-likeness (QED) is 0.534. The van der Waals surface area contributed by atoms with Crippen molar-refractivity contribution in [3.05, 3.63) is 23.9 Å². The molecular weight excluding hydrogens is 322 g/mol. The van der Waals surface area contributed by atoms with Crippen LogP contribution in [0.25, 0.3) is 0 Å². The topological polar surface area (TPSA) is 85.1 Å². The predicted molar refractivity (Wildman–Crippen MR) is 82.9 cm³/mol. The Morgan fingerprint density at radius 3 is 2.45 bits per heavy atom. The van der Waals surface area contributed by atoms with E-state index in [1.54, 1.807) is 12.1 Å². The molecule has 5 nitrogen and oxygen atoms in total. The molecule has 1 aromatic rings. The maximum absolute atomic E-state index is 11.7. The zero-order valence-electron chi connectivity index (χ0n) is 11.4. The van der Waals surface area contributed by atoms with Crippen LogP contribution in [0, 0.1) is 0 Å². The van der Waals surface area contributed by atoms with Crippen molar-refractivity contribution in [1.29, 1.82) is 0 Å². The Labute approximate surface area is 127 Å². The van der Waals surface area contributed by atoms with Gasteiger partial charge in [-0.3, -0.25) is 9.59 Å². The number of hydrogen-bond acceptors (Lipinski definition) is 3. The molecule has 20 heavy (non-hydrogen) atoms. The van der Waals surface area contributed by atoms with Gasteiger partial charge in [-0.2, -0.15) is 0 Å². The van der Waals surface area contributed by atoms with Crippen molar-refractivity contribution in [2.24, 2.45) is 5.73 Å². The van der Waals surface area contributed by atoms with Crippen molar-refractivity contribution in [3.63, 3.8) is 0 Å². The molecule has 1 aromatic heterocycles. The number of aromatic nitrogens is 1. The summed E-state index contributed by atoms with van der Waals surface area (Å²) in [6, 6.07) is 3.12. The Kier molecular flexibility index (Phi) is 7.87. The monoisotopic (exact) mass is 341 g/mol. The molecule has 2 amide bonds. The minimum atomic E-state index is -0.529. The SMILES string of the molecule is NC(=O)c1ccc(NC(=O)CCCCCCCBr)nc1. The van der Waals surface area contributed by atoms with Crippen LogP contribution in [0.4, 0.5) is 5.82 Å². The molecule has 3 N–H and O–H groups in total. The van der Waals surface area contributed by atoms with Gasteiger partial charge < -0.3 is 11.1 Å². The highest BCUT2D eigenvalue weighted by Gasteiger charge is 2.05. The van der Waals surface area contributed by atoms with Crippen LogP contribution < -0.4 is 11.1 Å². The van der Waals surface area contributed by atoms with E-state index in [0.29, 0.717) is 17.8 Å². The number of anilines is 1. The standard InChI is InChI=1S/C14H20BrN3O2/c15-9-5-3-1-2-4-6-13(19)18-12-8-7-11(10-17-12)14(16)20/h7-8,10H,1-6,9H2,(H2,16,20)(H,17,18,19). The molecule has 0 aliphatic carbocycles. The fourth-order valence-corrected chi connectivity index (χ4v) is 2.13. The fraction of sp³-hybridized carbons (Fsp3) is 0.500. The Morgan fingerprint density at radius 2 is 1.85 bits per heavy atom. The lowest BCUT2D eigenvalue weighted by Crippen LogP contribution is -2.14. The van der Waals surface area contributed by atoms with Gasteiger partial charge in [0.1, 0.15) is 5.82 Å². The number of hydrogen-bond donors (Lipinski definition) is 2. The van der Waals surface area contributed by atoms with Crippen molar-refractivity contribution >= 4 is 33.6 Å². The van der Waals surface area contributed by atoms with Gasteiger partial charge >= 0.3 is 0 Å². The Morgan fingerprint density at radius 1 is 1.15 bits per heavy atom. The summed E-state index contributed by atoms with van der Waals surface area (Å²) in [4.78, 5) is 26.5. The number of nitrogens with one attached hydrogen (secondary N) is 1. The Hall–Kier alpha value is -1.43. The zero-order chi connectivity index (χ0) is 14.8. The van der Waals surface area contributed by atoms with E-state index in [-0.39, 0.29) is 5.91 Å². The fourth-order valence-electron chi connectivity index (χ4n) is 1.73. The zero-order valence-corrected chi connectivity index (χ0v) is 13.0. The summed E-state index contributed by atoms with van der Waals surface area (Å²) < 4.78 is 0. The normalized spacial score (nSPS) is 10.2. The lowest BCUT2D eigenvalue weighted by atomic mass is 10.1. The molecule has 0 aliphatic heterocycles. The highest BCUT2D eigenvalue weighted by Crippen LogP contribution is 2.09. The van der Waals surface area contributed by atoms with Crippen molar-refractivity contribution < 1.29 is 9.59 Å². The molecular formula is C14H20BrN3O2. The summed E-state index contributed by atoms with van der Waals surface area (Å²) in [7, 11) is 0. The number of nitrogens with zero attached hydrogens (tertiary/aromatic N) is 1. The second-order valence-electron chi connectivity index (χ2n) is 4.55. The molecule has 0 fully saturated rings. The van der Waals surface area contributed by atoms with Crippen LogP contribution in [0.5, 0.6) is 0 Å². The summed E-state index contributed by atoms with van der Waals surface area (Å²) in [5.74, 6) is -0.136. The van der Waals surface area contributed by atoms with Crippen molar-refractivity contribution in [1.82, 2.24) is 4.98 Å². The average Bonchev–Trinajstić information content (AvgIpc) is 2.43. The minimum absolute atomic E-state index is 0.0511. The van der Waals surface area contributed by atoms with E-state index in [2.05, 4.69) is 26.2 Å². The lowest BCUT2D eigenvalue weighted by Gasteiger charge is -2.04. The third-order valence-electron chi connectivity index (χ3n) is 2.85. The molecule has 0 radical (unpaired) electrons. The third kappa shape index (κ3) is 6.65. The number of carbonyl (C=O) groups excluding carboxylic acids is 2. The highest BCUT2D eigenvalue weighted by molar-refractivity contribution is 9.09. The summed E-state index contributed by atoms with van der Waals surface area (Å²) in [6.45, 7) is 0. The van der Waals surface area contributed by atoms with Gasteiger partial charge in [0.15, 0.2) is 0 Å². The summed E-state index contributed by atoms with van der Waals surface area (Å²) >= 11 is 3.39. The molecule has 0 aromatic carbocycles.